The van der Waals surface area contributed by atoms with E-state index in [1.54, 1.807) is 6.08 Å². The Balaban J connectivity index is 4.89. The summed E-state index contributed by atoms with van der Waals surface area (Å²) < 4.78 is 0. The Morgan fingerprint density at radius 3 is 2.24 bits per heavy atom. The van der Waals surface area contributed by atoms with Crippen LogP contribution in [0.3, 0.4) is 0 Å². The molecule has 0 aliphatic carbocycles. The number of allylic oxidation sites excluding steroid dienone is 3. The lowest BCUT2D eigenvalue weighted by Gasteiger charge is -2.19. The van der Waals surface area contributed by atoms with Crippen molar-refractivity contribution < 1.29 is 29.7 Å². The van der Waals surface area contributed by atoms with E-state index in [1.807, 2.05) is 18.2 Å². The summed E-state index contributed by atoms with van der Waals surface area (Å²) in [6, 6.07) is -0.815. The fraction of sp³-hybridized carbons (Fsp3) is 0.640. The number of thiol groups is 1. The average molecular weight is 499 g/mol. The van der Waals surface area contributed by atoms with Crippen LogP contribution in [0.2, 0.25) is 0 Å². The molecule has 0 rings (SSSR count). The fourth-order valence-corrected chi connectivity index (χ4v) is 3.20. The van der Waals surface area contributed by atoms with Crippen LogP contribution in [-0.4, -0.2) is 63.5 Å². The van der Waals surface area contributed by atoms with Crippen LogP contribution in [0.4, 0.5) is 0 Å². The molecule has 1 amide bonds. The Bertz CT molecular complexity index is 680. The predicted molar refractivity (Wildman–Crippen MR) is 138 cm³/mol. The second-order valence-electron chi connectivity index (χ2n) is 8.22. The maximum absolute atomic E-state index is 12.7. The lowest BCUT2D eigenvalue weighted by molar-refractivity contribution is -0.137. The maximum Gasteiger partial charge on any atom is 0.303 e. The Labute approximate surface area is 208 Å². The largest absolute Gasteiger partial charge is 0.481 e. The zero-order valence-corrected chi connectivity index (χ0v) is 21.0. The molecule has 34 heavy (non-hydrogen) atoms. The van der Waals surface area contributed by atoms with Crippen LogP contribution in [-0.2, 0) is 14.4 Å². The molecule has 0 fully saturated rings. The molecule has 4 atom stereocenters. The minimum Gasteiger partial charge on any atom is -0.481 e. The van der Waals surface area contributed by atoms with E-state index in [0.717, 1.165) is 25.7 Å². The van der Waals surface area contributed by atoms with E-state index in [1.165, 1.54) is 12.2 Å². The lowest BCUT2D eigenvalue weighted by atomic mass is 9.92. The van der Waals surface area contributed by atoms with Crippen molar-refractivity contribution in [2.75, 3.05) is 12.3 Å². The van der Waals surface area contributed by atoms with E-state index < -0.39 is 36.0 Å². The maximum atomic E-state index is 12.7. The Kier molecular flexibility index (Phi) is 19.3. The smallest absolute Gasteiger partial charge is 0.303 e. The van der Waals surface area contributed by atoms with Gasteiger partial charge in [0.25, 0.3) is 0 Å². The van der Waals surface area contributed by atoms with Crippen LogP contribution in [0.15, 0.2) is 36.5 Å². The molecule has 194 valence electrons. The van der Waals surface area contributed by atoms with Crippen LogP contribution in [0, 0.1) is 5.92 Å². The Hall–Kier alpha value is -1.94. The third-order valence-electron chi connectivity index (χ3n) is 5.16. The van der Waals surface area contributed by atoms with Crippen LogP contribution in [0.5, 0.6) is 0 Å². The van der Waals surface area contributed by atoms with Gasteiger partial charge in [-0.05, 0) is 38.5 Å². The van der Waals surface area contributed by atoms with Crippen molar-refractivity contribution in [1.29, 1.82) is 0 Å². The number of nitrogens with two attached hydrogens (primary N) is 1. The summed E-state index contributed by atoms with van der Waals surface area (Å²) in [5, 5.41) is 31.8. The van der Waals surface area contributed by atoms with Crippen molar-refractivity contribution in [1.82, 2.24) is 5.32 Å². The van der Waals surface area contributed by atoms with E-state index in [9.17, 15) is 24.6 Å². The zero-order chi connectivity index (χ0) is 25.8. The third kappa shape index (κ3) is 16.6. The summed E-state index contributed by atoms with van der Waals surface area (Å²) in [4.78, 5) is 35.0. The number of hydrogen-bond acceptors (Lipinski definition) is 7. The fourth-order valence-electron chi connectivity index (χ4n) is 3.03. The molecule has 0 aliphatic rings. The van der Waals surface area contributed by atoms with Gasteiger partial charge in [0.2, 0.25) is 5.91 Å². The number of carbonyl (C=O) groups is 3. The van der Waals surface area contributed by atoms with Crippen LogP contribution >= 0.6 is 12.6 Å². The van der Waals surface area contributed by atoms with Gasteiger partial charge in [-0.1, -0.05) is 56.2 Å². The van der Waals surface area contributed by atoms with Gasteiger partial charge in [0.05, 0.1) is 30.7 Å². The summed E-state index contributed by atoms with van der Waals surface area (Å²) in [5.41, 5.74) is 5.61. The molecular formula is C25H42N2O6S. The van der Waals surface area contributed by atoms with E-state index in [-0.39, 0.29) is 24.5 Å². The first-order chi connectivity index (χ1) is 16.2. The molecule has 0 aromatic rings. The monoisotopic (exact) mass is 498 g/mol. The Morgan fingerprint density at radius 1 is 0.971 bits per heavy atom. The molecule has 0 bridgehead atoms. The van der Waals surface area contributed by atoms with Gasteiger partial charge in [0.1, 0.15) is 0 Å². The molecule has 0 aromatic heterocycles. The van der Waals surface area contributed by atoms with Gasteiger partial charge in [-0.15, -0.1) is 0 Å². The number of aliphatic hydroxyl groups excluding tert-OH is 2. The van der Waals surface area contributed by atoms with E-state index in [4.69, 9.17) is 10.8 Å². The summed E-state index contributed by atoms with van der Waals surface area (Å²) in [7, 11) is 0. The molecule has 0 spiro atoms. The highest BCUT2D eigenvalue weighted by molar-refractivity contribution is 7.80. The van der Waals surface area contributed by atoms with Gasteiger partial charge in [-0.2, -0.15) is 12.6 Å². The molecule has 6 N–H and O–H groups in total. The number of unbranched alkanes of at least 4 members (excludes halogenated alkanes) is 4. The van der Waals surface area contributed by atoms with E-state index in [0.29, 0.717) is 25.7 Å². The summed E-state index contributed by atoms with van der Waals surface area (Å²) in [5.74, 6) is -2.27. The van der Waals surface area contributed by atoms with Crippen LogP contribution in [0.25, 0.3) is 0 Å². The average Bonchev–Trinajstić information content (AvgIpc) is 2.81. The van der Waals surface area contributed by atoms with Crippen molar-refractivity contribution in [3.05, 3.63) is 36.5 Å². The molecule has 9 heteroatoms. The summed E-state index contributed by atoms with van der Waals surface area (Å²) in [6.45, 7) is 1.87. The number of carboxylic acids is 1. The minimum atomic E-state index is -1.13. The molecule has 0 radical (unpaired) electrons. The lowest BCUT2D eigenvalue weighted by Crippen LogP contribution is -2.45. The van der Waals surface area contributed by atoms with Crippen molar-refractivity contribution in [2.45, 2.75) is 83.0 Å². The number of hydrogen-bond donors (Lipinski definition) is 6. The zero-order valence-electron chi connectivity index (χ0n) is 20.1. The molecule has 8 nitrogen and oxygen atoms in total. The first-order valence-corrected chi connectivity index (χ1v) is 12.6. The molecule has 0 aliphatic heterocycles. The van der Waals surface area contributed by atoms with Crippen LogP contribution < -0.4 is 11.1 Å². The van der Waals surface area contributed by atoms with Crippen molar-refractivity contribution in [3.8, 4) is 0 Å². The van der Waals surface area contributed by atoms with Gasteiger partial charge in [-0.25, -0.2) is 0 Å². The number of amides is 1. The van der Waals surface area contributed by atoms with Gasteiger partial charge < -0.3 is 26.4 Å². The van der Waals surface area contributed by atoms with Gasteiger partial charge in [0.15, 0.2) is 5.78 Å². The molecule has 0 heterocycles. The highest BCUT2D eigenvalue weighted by Gasteiger charge is 2.25. The Morgan fingerprint density at radius 2 is 1.62 bits per heavy atom. The number of carbonyl (C=O) groups excluding carboxylic acids is 2. The van der Waals surface area contributed by atoms with Crippen LogP contribution in [0.1, 0.15) is 64.7 Å². The topological polar surface area (TPSA) is 150 Å². The highest BCUT2D eigenvalue weighted by atomic mass is 32.1. The normalized spacial score (nSPS) is 15.6. The third-order valence-corrected chi connectivity index (χ3v) is 5.56. The molecule has 0 saturated carbocycles. The van der Waals surface area contributed by atoms with Gasteiger partial charge in [-0.3, -0.25) is 14.4 Å². The first-order valence-electron chi connectivity index (χ1n) is 12.0. The minimum absolute atomic E-state index is 0.0997. The van der Waals surface area contributed by atoms with Crippen molar-refractivity contribution >= 4 is 30.3 Å². The summed E-state index contributed by atoms with van der Waals surface area (Å²) >= 11 is 3.97. The van der Waals surface area contributed by atoms with Crippen molar-refractivity contribution in [3.63, 3.8) is 0 Å². The highest BCUT2D eigenvalue weighted by Crippen LogP contribution is 2.15. The quantitative estimate of drug-likeness (QED) is 0.0858. The number of aliphatic hydroxyl groups is 2. The number of aliphatic carboxylic acids is 1. The SMILES string of the molecule is CCCCC/C=C\C[C@@H](C(=O)CNC(=O)C(N)CS)[C@@H](O)/C=C/[C@H](O)C/C=C\CCCC(=O)O. The second kappa shape index (κ2) is 20.4. The van der Waals surface area contributed by atoms with Gasteiger partial charge >= 0.3 is 5.97 Å². The van der Waals surface area contributed by atoms with Crippen molar-refractivity contribution in [2.24, 2.45) is 11.7 Å². The molecule has 0 saturated heterocycles. The number of rotatable bonds is 20. The van der Waals surface area contributed by atoms with Gasteiger partial charge in [0, 0.05) is 12.2 Å². The van der Waals surface area contributed by atoms with E-state index in [2.05, 4.69) is 24.9 Å². The number of Topliss-reactive ketones (excluding diaryl/α,β-unsaturated/α-hetero) is 1. The molecule has 0 aromatic carbocycles. The molecule has 1 unspecified atom stereocenters. The van der Waals surface area contributed by atoms with E-state index >= 15 is 0 Å². The summed E-state index contributed by atoms with van der Waals surface area (Å²) in [6.07, 6.45) is 14.3. The standard InChI is InChI=1S/C25H42N2O6S/c1-2-3-4-5-6-10-13-20(23(30)17-27-25(33)21(26)18-34)22(29)16-15-19(28)12-9-7-8-11-14-24(31)32/h6-7,9-10,15-16,19-22,28-29,34H,2-5,8,11-14,17-18,26H2,1H3,(H,27,33)(H,31,32)/b9-7-,10-6-,16-15+/t19-,20-,21?,22+/m1/s1. The first kappa shape index (κ1) is 32.1. The number of ketones is 1. The molecular weight excluding hydrogens is 456 g/mol. The number of nitrogens with one attached hydrogen (secondary N) is 1. The number of carboxylic acid groups (broad SMARTS) is 1. The predicted octanol–water partition coefficient (Wildman–Crippen LogP) is 2.55. The second-order valence-corrected chi connectivity index (χ2v) is 8.58.